The minimum absolute atomic E-state index is 0.0162. The molecule has 0 aliphatic carbocycles. The van der Waals surface area contributed by atoms with Crippen LogP contribution in [-0.4, -0.2) is 24.5 Å². The third-order valence-corrected chi connectivity index (χ3v) is 3.53. The van der Waals surface area contributed by atoms with E-state index in [1.165, 1.54) is 6.42 Å². The number of esters is 1. The highest BCUT2D eigenvalue weighted by Crippen LogP contribution is 2.10. The van der Waals surface area contributed by atoms with E-state index in [1.54, 1.807) is 6.92 Å². The van der Waals surface area contributed by atoms with Crippen LogP contribution in [0, 0.1) is 11.6 Å². The first-order chi connectivity index (χ1) is 11.4. The zero-order chi connectivity index (χ0) is 17.9. The first-order valence-electron chi connectivity index (χ1n) is 8.35. The Morgan fingerprint density at radius 2 is 1.88 bits per heavy atom. The van der Waals surface area contributed by atoms with Gasteiger partial charge in [0, 0.05) is 6.04 Å². The molecule has 0 saturated heterocycles. The molecule has 1 rings (SSSR count). The van der Waals surface area contributed by atoms with Crippen molar-refractivity contribution in [3.8, 4) is 0 Å². The zero-order valence-electron chi connectivity index (χ0n) is 14.2. The molecule has 0 radical (unpaired) electrons. The SMILES string of the molecule is CCCCCCCOC(=O)CC(C)NC(=O)c1cc(F)ccc1F. The number of hydrogen-bond acceptors (Lipinski definition) is 3. The van der Waals surface area contributed by atoms with Crippen molar-refractivity contribution in [3.63, 3.8) is 0 Å². The molecule has 0 spiro atoms. The highest BCUT2D eigenvalue weighted by Gasteiger charge is 2.17. The molecule has 0 heterocycles. The fraction of sp³-hybridized carbons (Fsp3) is 0.556. The monoisotopic (exact) mass is 341 g/mol. The predicted molar refractivity (Wildman–Crippen MR) is 87.6 cm³/mol. The summed E-state index contributed by atoms with van der Waals surface area (Å²) in [6, 6.07) is 2.12. The smallest absolute Gasteiger partial charge is 0.307 e. The Balaban J connectivity index is 2.32. The lowest BCUT2D eigenvalue weighted by molar-refractivity contribution is -0.144. The molecule has 1 amide bonds. The molecule has 1 atom stereocenters. The van der Waals surface area contributed by atoms with Crippen LogP contribution < -0.4 is 5.32 Å². The topological polar surface area (TPSA) is 55.4 Å². The molecular weight excluding hydrogens is 316 g/mol. The summed E-state index contributed by atoms with van der Waals surface area (Å²) >= 11 is 0. The minimum atomic E-state index is -0.809. The second-order valence-electron chi connectivity index (χ2n) is 5.84. The number of carbonyl (C=O) groups is 2. The molecule has 24 heavy (non-hydrogen) atoms. The molecule has 0 aromatic heterocycles. The van der Waals surface area contributed by atoms with E-state index in [0.717, 1.165) is 43.9 Å². The van der Waals surface area contributed by atoms with E-state index in [-0.39, 0.29) is 12.0 Å². The standard InChI is InChI=1S/C18H25F2NO3/c1-3-4-5-6-7-10-24-17(22)11-13(2)21-18(23)15-12-14(19)8-9-16(15)20/h8-9,12-13H,3-7,10-11H2,1-2H3,(H,21,23). The molecule has 1 unspecified atom stereocenters. The van der Waals surface area contributed by atoms with Crippen molar-refractivity contribution in [1.29, 1.82) is 0 Å². The highest BCUT2D eigenvalue weighted by atomic mass is 19.1. The average molecular weight is 341 g/mol. The number of rotatable bonds is 10. The summed E-state index contributed by atoms with van der Waals surface area (Å²) in [4.78, 5) is 23.6. The van der Waals surface area contributed by atoms with Crippen LogP contribution >= 0.6 is 0 Å². The van der Waals surface area contributed by atoms with Gasteiger partial charge in [-0.3, -0.25) is 9.59 Å². The molecule has 1 aromatic rings. The number of ether oxygens (including phenoxy) is 1. The Bertz CT molecular complexity index is 549. The summed E-state index contributed by atoms with van der Waals surface area (Å²) in [7, 11) is 0. The number of benzene rings is 1. The fourth-order valence-electron chi connectivity index (χ4n) is 2.22. The maximum Gasteiger partial charge on any atom is 0.307 e. The summed E-state index contributed by atoms with van der Waals surface area (Å²) in [6.45, 7) is 4.10. The van der Waals surface area contributed by atoms with Gasteiger partial charge in [-0.2, -0.15) is 0 Å². The maximum atomic E-state index is 13.5. The highest BCUT2D eigenvalue weighted by molar-refractivity contribution is 5.94. The molecule has 0 aliphatic rings. The molecular formula is C18H25F2NO3. The second-order valence-corrected chi connectivity index (χ2v) is 5.84. The van der Waals surface area contributed by atoms with Gasteiger partial charge in [0.1, 0.15) is 11.6 Å². The van der Waals surface area contributed by atoms with Crippen LogP contribution in [-0.2, 0) is 9.53 Å². The van der Waals surface area contributed by atoms with Crippen LogP contribution in [0.2, 0.25) is 0 Å². The van der Waals surface area contributed by atoms with Crippen molar-refractivity contribution in [1.82, 2.24) is 5.32 Å². The molecule has 134 valence electrons. The van der Waals surface area contributed by atoms with Gasteiger partial charge >= 0.3 is 5.97 Å². The van der Waals surface area contributed by atoms with E-state index in [9.17, 15) is 18.4 Å². The lowest BCUT2D eigenvalue weighted by Gasteiger charge is -2.14. The van der Waals surface area contributed by atoms with E-state index in [1.807, 2.05) is 0 Å². The van der Waals surface area contributed by atoms with Crippen LogP contribution in [0.15, 0.2) is 18.2 Å². The number of amides is 1. The van der Waals surface area contributed by atoms with E-state index < -0.39 is 29.6 Å². The van der Waals surface area contributed by atoms with Gasteiger partial charge in [0.15, 0.2) is 0 Å². The van der Waals surface area contributed by atoms with E-state index in [4.69, 9.17) is 4.74 Å². The van der Waals surface area contributed by atoms with Gasteiger partial charge in [-0.1, -0.05) is 32.6 Å². The summed E-state index contributed by atoms with van der Waals surface area (Å²) in [5, 5.41) is 2.47. The molecule has 0 fully saturated rings. The van der Waals surface area contributed by atoms with Gasteiger partial charge in [-0.25, -0.2) is 8.78 Å². The third-order valence-electron chi connectivity index (χ3n) is 3.53. The van der Waals surface area contributed by atoms with Gasteiger partial charge in [-0.15, -0.1) is 0 Å². The molecule has 0 saturated carbocycles. The van der Waals surface area contributed by atoms with Crippen molar-refractivity contribution >= 4 is 11.9 Å². The quantitative estimate of drug-likeness (QED) is 0.517. The summed E-state index contributed by atoms with van der Waals surface area (Å²) in [5.41, 5.74) is -0.383. The normalized spacial score (nSPS) is 11.8. The van der Waals surface area contributed by atoms with Gasteiger partial charge < -0.3 is 10.1 Å². The predicted octanol–water partition coefficient (Wildman–Crippen LogP) is 3.99. The van der Waals surface area contributed by atoms with E-state index in [2.05, 4.69) is 12.2 Å². The number of nitrogens with one attached hydrogen (secondary N) is 1. The van der Waals surface area contributed by atoms with Crippen molar-refractivity contribution in [2.75, 3.05) is 6.61 Å². The van der Waals surface area contributed by atoms with Crippen molar-refractivity contribution in [2.45, 2.75) is 58.4 Å². The lowest BCUT2D eigenvalue weighted by Crippen LogP contribution is -2.35. The van der Waals surface area contributed by atoms with Crippen LogP contribution in [0.3, 0.4) is 0 Å². The van der Waals surface area contributed by atoms with E-state index >= 15 is 0 Å². The Hall–Kier alpha value is -1.98. The van der Waals surface area contributed by atoms with Crippen LogP contribution in [0.25, 0.3) is 0 Å². The maximum absolute atomic E-state index is 13.5. The molecule has 0 bridgehead atoms. The minimum Gasteiger partial charge on any atom is -0.466 e. The summed E-state index contributed by atoms with van der Waals surface area (Å²) in [6.07, 6.45) is 5.28. The largest absolute Gasteiger partial charge is 0.466 e. The fourth-order valence-corrected chi connectivity index (χ4v) is 2.22. The number of unbranched alkanes of at least 4 members (excludes halogenated alkanes) is 4. The molecule has 4 nitrogen and oxygen atoms in total. The van der Waals surface area contributed by atoms with Crippen LogP contribution in [0.4, 0.5) is 8.78 Å². The van der Waals surface area contributed by atoms with Gasteiger partial charge in [-0.05, 0) is 31.5 Å². The van der Waals surface area contributed by atoms with Gasteiger partial charge in [0.2, 0.25) is 0 Å². The summed E-state index contributed by atoms with van der Waals surface area (Å²) < 4.78 is 31.7. The van der Waals surface area contributed by atoms with E-state index in [0.29, 0.717) is 6.61 Å². The van der Waals surface area contributed by atoms with Crippen molar-refractivity contribution in [3.05, 3.63) is 35.4 Å². The molecule has 1 N–H and O–H groups in total. The second kappa shape index (κ2) is 10.7. The van der Waals surface area contributed by atoms with Crippen LogP contribution in [0.5, 0.6) is 0 Å². The first-order valence-corrected chi connectivity index (χ1v) is 8.35. The third kappa shape index (κ3) is 7.53. The lowest BCUT2D eigenvalue weighted by atomic mass is 10.1. The zero-order valence-corrected chi connectivity index (χ0v) is 14.2. The van der Waals surface area contributed by atoms with Gasteiger partial charge in [0.25, 0.3) is 5.91 Å². The van der Waals surface area contributed by atoms with Gasteiger partial charge in [0.05, 0.1) is 18.6 Å². The number of carbonyl (C=O) groups excluding carboxylic acids is 2. The van der Waals surface area contributed by atoms with Crippen molar-refractivity contribution in [2.24, 2.45) is 0 Å². The summed E-state index contributed by atoms with van der Waals surface area (Å²) in [5.74, 6) is -2.68. The first kappa shape index (κ1) is 20.1. The molecule has 0 aliphatic heterocycles. The Morgan fingerprint density at radius 1 is 1.17 bits per heavy atom. The number of hydrogen-bond donors (Lipinski definition) is 1. The Kier molecular flexibility index (Phi) is 8.97. The Morgan fingerprint density at radius 3 is 2.58 bits per heavy atom. The Labute approximate surface area is 141 Å². The van der Waals surface area contributed by atoms with Crippen molar-refractivity contribution < 1.29 is 23.1 Å². The molecule has 1 aromatic carbocycles. The van der Waals surface area contributed by atoms with Crippen LogP contribution in [0.1, 0.15) is 62.7 Å². The number of halogens is 2. The average Bonchev–Trinajstić information content (AvgIpc) is 2.52. The molecule has 6 heteroatoms.